The Kier molecular flexibility index (Phi) is 3.39. The highest BCUT2D eigenvalue weighted by Crippen LogP contribution is 2.39. The minimum atomic E-state index is -0.378. The Morgan fingerprint density at radius 1 is 1.16 bits per heavy atom. The maximum absolute atomic E-state index is 12.6. The van der Waals surface area contributed by atoms with Gasteiger partial charge >= 0.3 is 0 Å². The average molecular weight is 341 g/mol. The fourth-order valence-corrected chi connectivity index (χ4v) is 3.46. The Balaban J connectivity index is 1.62. The minimum absolute atomic E-state index is 0.0367. The van der Waals surface area contributed by atoms with Crippen LogP contribution >= 0.6 is 0 Å². The first kappa shape index (κ1) is 15.7. The molecule has 2 heterocycles. The van der Waals surface area contributed by atoms with Crippen LogP contribution in [0, 0.1) is 12.3 Å². The lowest BCUT2D eigenvalue weighted by molar-refractivity contribution is 0.0898. The fourth-order valence-electron chi connectivity index (χ4n) is 3.46. The van der Waals surface area contributed by atoms with Crippen molar-refractivity contribution in [1.82, 2.24) is 0 Å². The van der Waals surface area contributed by atoms with Gasteiger partial charge in [0.05, 0.1) is 5.56 Å². The van der Waals surface area contributed by atoms with Crippen LogP contribution in [0.25, 0.3) is 0 Å². The van der Waals surface area contributed by atoms with Crippen LogP contribution in [-0.2, 0) is 6.42 Å². The highest BCUT2D eigenvalue weighted by Gasteiger charge is 2.37. The number of amides is 1. The SMILES string of the molecule is Cc1c(C(=O)Nc2ccc3c(c2)OCO3)oc2c1C(=O)CC(C)(C)C2. The van der Waals surface area contributed by atoms with Gasteiger partial charge in [-0.3, -0.25) is 9.59 Å². The summed E-state index contributed by atoms with van der Waals surface area (Å²) >= 11 is 0. The van der Waals surface area contributed by atoms with E-state index in [2.05, 4.69) is 5.32 Å². The van der Waals surface area contributed by atoms with E-state index in [1.54, 1.807) is 25.1 Å². The number of ether oxygens (including phenoxy) is 2. The summed E-state index contributed by atoms with van der Waals surface area (Å²) in [6, 6.07) is 5.18. The van der Waals surface area contributed by atoms with Gasteiger partial charge in [-0.15, -0.1) is 0 Å². The van der Waals surface area contributed by atoms with Crippen molar-refractivity contribution in [3.05, 3.63) is 40.8 Å². The second-order valence-electron chi connectivity index (χ2n) is 7.32. The monoisotopic (exact) mass is 341 g/mol. The lowest BCUT2D eigenvalue weighted by Gasteiger charge is -2.27. The summed E-state index contributed by atoms with van der Waals surface area (Å²) < 4.78 is 16.4. The molecule has 0 unspecified atom stereocenters. The van der Waals surface area contributed by atoms with Crippen molar-refractivity contribution >= 4 is 17.4 Å². The van der Waals surface area contributed by atoms with E-state index >= 15 is 0 Å². The molecule has 4 rings (SSSR count). The van der Waals surface area contributed by atoms with Crippen LogP contribution < -0.4 is 14.8 Å². The summed E-state index contributed by atoms with van der Waals surface area (Å²) in [5.74, 6) is 1.69. The number of rotatable bonds is 2. The largest absolute Gasteiger partial charge is 0.455 e. The molecule has 6 nitrogen and oxygen atoms in total. The molecule has 1 N–H and O–H groups in total. The van der Waals surface area contributed by atoms with Gasteiger partial charge in [-0.05, 0) is 24.5 Å². The zero-order chi connectivity index (χ0) is 17.8. The van der Waals surface area contributed by atoms with Gasteiger partial charge in [0.2, 0.25) is 6.79 Å². The number of Topliss-reactive ketones (excluding diaryl/α,β-unsaturated/α-hetero) is 1. The van der Waals surface area contributed by atoms with Gasteiger partial charge in [0.25, 0.3) is 5.91 Å². The molecule has 6 heteroatoms. The van der Waals surface area contributed by atoms with E-state index in [-0.39, 0.29) is 29.7 Å². The molecule has 0 atom stereocenters. The Bertz CT molecular complexity index is 893. The van der Waals surface area contributed by atoms with E-state index in [0.29, 0.717) is 46.9 Å². The summed E-state index contributed by atoms with van der Waals surface area (Å²) in [5.41, 5.74) is 1.60. The van der Waals surface area contributed by atoms with Gasteiger partial charge in [0, 0.05) is 30.2 Å². The van der Waals surface area contributed by atoms with E-state index in [4.69, 9.17) is 13.9 Å². The summed E-state index contributed by atoms with van der Waals surface area (Å²) in [6.07, 6.45) is 1.11. The number of furan rings is 1. The first-order valence-corrected chi connectivity index (χ1v) is 8.20. The summed E-state index contributed by atoms with van der Waals surface area (Å²) in [4.78, 5) is 25.1. The van der Waals surface area contributed by atoms with Crippen molar-refractivity contribution in [1.29, 1.82) is 0 Å². The number of carbonyl (C=O) groups is 2. The molecule has 0 bridgehead atoms. The molecular weight excluding hydrogens is 322 g/mol. The first-order valence-electron chi connectivity index (χ1n) is 8.20. The lowest BCUT2D eigenvalue weighted by atomic mass is 9.76. The molecule has 1 aliphatic carbocycles. The lowest BCUT2D eigenvalue weighted by Crippen LogP contribution is -2.26. The number of benzene rings is 1. The van der Waals surface area contributed by atoms with E-state index in [9.17, 15) is 9.59 Å². The number of ketones is 1. The molecule has 0 saturated carbocycles. The number of hydrogen-bond donors (Lipinski definition) is 1. The third-order valence-electron chi connectivity index (χ3n) is 4.61. The first-order chi connectivity index (χ1) is 11.8. The highest BCUT2D eigenvalue weighted by molar-refractivity contribution is 6.07. The van der Waals surface area contributed by atoms with E-state index < -0.39 is 0 Å². The summed E-state index contributed by atoms with van der Waals surface area (Å²) in [7, 11) is 0. The molecule has 0 saturated heterocycles. The van der Waals surface area contributed by atoms with Gasteiger partial charge in [-0.2, -0.15) is 0 Å². The number of fused-ring (bicyclic) bond motifs is 2. The van der Waals surface area contributed by atoms with E-state index in [1.807, 2.05) is 13.8 Å². The quantitative estimate of drug-likeness (QED) is 0.900. The predicted molar refractivity (Wildman–Crippen MR) is 90.4 cm³/mol. The molecule has 0 radical (unpaired) electrons. The van der Waals surface area contributed by atoms with Crippen molar-refractivity contribution in [3.8, 4) is 11.5 Å². The molecule has 1 amide bonds. The Morgan fingerprint density at radius 2 is 1.92 bits per heavy atom. The second-order valence-corrected chi connectivity index (χ2v) is 7.32. The molecule has 1 aliphatic heterocycles. The smallest absolute Gasteiger partial charge is 0.291 e. The van der Waals surface area contributed by atoms with Crippen molar-refractivity contribution in [3.63, 3.8) is 0 Å². The van der Waals surface area contributed by atoms with Crippen LogP contribution in [-0.4, -0.2) is 18.5 Å². The van der Waals surface area contributed by atoms with Gasteiger partial charge < -0.3 is 19.2 Å². The van der Waals surface area contributed by atoms with Gasteiger partial charge in [0.1, 0.15) is 5.76 Å². The van der Waals surface area contributed by atoms with Gasteiger partial charge in [-0.25, -0.2) is 0 Å². The predicted octanol–water partition coefficient (Wildman–Crippen LogP) is 3.72. The Hall–Kier alpha value is -2.76. The Morgan fingerprint density at radius 3 is 2.72 bits per heavy atom. The molecule has 1 aromatic carbocycles. The maximum atomic E-state index is 12.6. The molecular formula is C19H19NO5. The van der Waals surface area contributed by atoms with E-state index in [0.717, 1.165) is 0 Å². The zero-order valence-electron chi connectivity index (χ0n) is 14.4. The minimum Gasteiger partial charge on any atom is -0.455 e. The van der Waals surface area contributed by atoms with Gasteiger partial charge in [-0.1, -0.05) is 13.8 Å². The third kappa shape index (κ3) is 2.67. The Labute approximate surface area is 145 Å². The normalized spacial score (nSPS) is 17.3. The molecule has 130 valence electrons. The third-order valence-corrected chi connectivity index (χ3v) is 4.61. The molecule has 25 heavy (non-hydrogen) atoms. The topological polar surface area (TPSA) is 77.8 Å². The maximum Gasteiger partial charge on any atom is 0.291 e. The van der Waals surface area contributed by atoms with Crippen molar-refractivity contribution in [2.45, 2.75) is 33.6 Å². The number of carbonyl (C=O) groups excluding carboxylic acids is 2. The summed E-state index contributed by atoms with van der Waals surface area (Å²) in [5, 5.41) is 2.79. The number of hydrogen-bond acceptors (Lipinski definition) is 5. The average Bonchev–Trinajstić information content (AvgIpc) is 3.10. The molecule has 1 aromatic heterocycles. The van der Waals surface area contributed by atoms with Crippen LogP contribution in [0.1, 0.15) is 52.5 Å². The van der Waals surface area contributed by atoms with Crippen molar-refractivity contribution in [2.75, 3.05) is 12.1 Å². The van der Waals surface area contributed by atoms with Crippen molar-refractivity contribution in [2.24, 2.45) is 5.41 Å². The summed E-state index contributed by atoms with van der Waals surface area (Å²) in [6.45, 7) is 5.98. The van der Waals surface area contributed by atoms with Crippen LogP contribution in [0.2, 0.25) is 0 Å². The highest BCUT2D eigenvalue weighted by atomic mass is 16.7. The van der Waals surface area contributed by atoms with Crippen LogP contribution in [0.4, 0.5) is 5.69 Å². The molecule has 0 fully saturated rings. The fraction of sp³-hybridized carbons (Fsp3) is 0.368. The number of nitrogens with one attached hydrogen (secondary N) is 1. The van der Waals surface area contributed by atoms with Crippen LogP contribution in [0.3, 0.4) is 0 Å². The molecule has 0 spiro atoms. The van der Waals surface area contributed by atoms with Crippen LogP contribution in [0.15, 0.2) is 22.6 Å². The molecule has 2 aliphatic rings. The molecule has 2 aromatic rings. The zero-order valence-corrected chi connectivity index (χ0v) is 14.4. The van der Waals surface area contributed by atoms with Crippen LogP contribution in [0.5, 0.6) is 11.5 Å². The standard InChI is InChI=1S/C19H19NO5/c1-10-16-12(21)7-19(2,3)8-15(16)25-17(10)18(22)20-11-4-5-13-14(6-11)24-9-23-13/h4-6H,7-9H2,1-3H3,(H,20,22). The van der Waals surface area contributed by atoms with Gasteiger partial charge in [0.15, 0.2) is 23.0 Å². The van der Waals surface area contributed by atoms with E-state index in [1.165, 1.54) is 0 Å². The number of anilines is 1. The van der Waals surface area contributed by atoms with Crippen molar-refractivity contribution < 1.29 is 23.5 Å². The second kappa shape index (κ2) is 5.37.